The molecular weight excluding hydrogens is 340 g/mol. The zero-order chi connectivity index (χ0) is 16.8. The molecule has 1 aromatic heterocycles. The van der Waals surface area contributed by atoms with Gasteiger partial charge in [-0.2, -0.15) is 0 Å². The van der Waals surface area contributed by atoms with Gasteiger partial charge in [0.05, 0.1) is 16.2 Å². The molecule has 3 aromatic rings. The summed E-state index contributed by atoms with van der Waals surface area (Å²) in [7, 11) is -3.92. The Morgan fingerprint density at radius 3 is 2.61 bits per heavy atom. The highest BCUT2D eigenvalue weighted by molar-refractivity contribution is 7.92. The Hall–Kier alpha value is -2.25. The number of nitrogens with one attached hydrogen (secondary N) is 2. The van der Waals surface area contributed by atoms with Gasteiger partial charge in [0, 0.05) is 6.07 Å². The molecule has 0 unspecified atom stereocenters. The van der Waals surface area contributed by atoms with Crippen LogP contribution in [0.3, 0.4) is 0 Å². The van der Waals surface area contributed by atoms with Gasteiger partial charge in [-0.15, -0.1) is 0 Å². The van der Waals surface area contributed by atoms with E-state index in [9.17, 15) is 13.2 Å². The molecule has 2 aromatic carbocycles. The number of hydrogen-bond donors (Lipinski definition) is 2. The van der Waals surface area contributed by atoms with Crippen LogP contribution < -0.4 is 10.5 Å². The smallest absolute Gasteiger partial charge is 0.408 e. The minimum absolute atomic E-state index is 0.00758. The third-order valence-electron chi connectivity index (χ3n) is 3.39. The zero-order valence-corrected chi connectivity index (χ0v) is 13.9. The van der Waals surface area contributed by atoms with Crippen LogP contribution in [-0.4, -0.2) is 13.4 Å². The first-order chi connectivity index (χ1) is 10.8. The summed E-state index contributed by atoms with van der Waals surface area (Å²) in [5, 5.41) is -0.00758. The van der Waals surface area contributed by atoms with Gasteiger partial charge in [-0.3, -0.25) is 9.71 Å². The number of H-pyrrole nitrogens is 1. The van der Waals surface area contributed by atoms with Crippen molar-refractivity contribution in [2.24, 2.45) is 0 Å². The number of aromatic nitrogens is 1. The fraction of sp³-hybridized carbons (Fsp3) is 0.133. The van der Waals surface area contributed by atoms with E-state index in [-0.39, 0.29) is 15.5 Å². The van der Waals surface area contributed by atoms with E-state index in [1.54, 1.807) is 19.1 Å². The molecule has 0 spiro atoms. The molecule has 0 fully saturated rings. The Morgan fingerprint density at radius 2 is 1.91 bits per heavy atom. The summed E-state index contributed by atoms with van der Waals surface area (Å²) in [5.74, 6) is -0.673. The molecule has 0 saturated carbocycles. The molecule has 2 N–H and O–H groups in total. The van der Waals surface area contributed by atoms with Gasteiger partial charge >= 0.3 is 5.76 Å². The van der Waals surface area contributed by atoms with Gasteiger partial charge in [0.1, 0.15) is 4.90 Å². The monoisotopic (exact) mass is 352 g/mol. The second-order valence-electron chi connectivity index (χ2n) is 5.22. The molecule has 0 aliphatic carbocycles. The second-order valence-corrected chi connectivity index (χ2v) is 7.28. The van der Waals surface area contributed by atoms with Crippen LogP contribution >= 0.6 is 11.6 Å². The van der Waals surface area contributed by atoms with E-state index in [1.807, 2.05) is 13.0 Å². The number of benzene rings is 2. The number of rotatable bonds is 3. The molecule has 120 valence electrons. The van der Waals surface area contributed by atoms with Crippen molar-refractivity contribution in [1.29, 1.82) is 0 Å². The molecule has 0 aliphatic heterocycles. The first-order valence-electron chi connectivity index (χ1n) is 6.69. The summed E-state index contributed by atoms with van der Waals surface area (Å²) in [5.41, 5.74) is 2.74. The average Bonchev–Trinajstić information content (AvgIpc) is 2.80. The standard InChI is InChI=1S/C15H13ClN2O4S/c1-8-3-4-11(9(2)5-8)18-23(20,21)14-7-13-12(6-10(14)16)17-15(19)22-13/h3-7,18H,1-2H3,(H,17,19). The van der Waals surface area contributed by atoms with Crippen LogP contribution in [0.5, 0.6) is 0 Å². The molecule has 0 amide bonds. The Balaban J connectivity index is 2.08. The third-order valence-corrected chi connectivity index (χ3v) is 5.22. The van der Waals surface area contributed by atoms with Crippen LogP contribution in [0.4, 0.5) is 5.69 Å². The summed E-state index contributed by atoms with van der Waals surface area (Å²) in [6.07, 6.45) is 0. The first kappa shape index (κ1) is 15.6. The van der Waals surface area contributed by atoms with Crippen LogP contribution in [0, 0.1) is 13.8 Å². The number of aromatic amines is 1. The Labute approximate surface area is 137 Å². The molecule has 3 rings (SSSR count). The Bertz CT molecular complexity index is 1070. The van der Waals surface area contributed by atoms with Gasteiger partial charge in [0.2, 0.25) is 0 Å². The SMILES string of the molecule is Cc1ccc(NS(=O)(=O)c2cc3oc(=O)[nH]c3cc2Cl)c(C)c1. The predicted molar refractivity (Wildman–Crippen MR) is 88.6 cm³/mol. The van der Waals surface area contributed by atoms with E-state index in [2.05, 4.69) is 9.71 Å². The van der Waals surface area contributed by atoms with Crippen LogP contribution in [0.15, 0.2) is 44.4 Å². The van der Waals surface area contributed by atoms with Gasteiger partial charge in [-0.05, 0) is 31.5 Å². The maximum atomic E-state index is 12.6. The number of hydrogen-bond acceptors (Lipinski definition) is 4. The van der Waals surface area contributed by atoms with Gasteiger partial charge in [0.15, 0.2) is 5.58 Å². The molecule has 8 heteroatoms. The summed E-state index contributed by atoms with van der Waals surface area (Å²) in [6, 6.07) is 7.93. The second kappa shape index (κ2) is 5.43. The van der Waals surface area contributed by atoms with E-state index < -0.39 is 15.8 Å². The predicted octanol–water partition coefficient (Wildman–Crippen LogP) is 3.19. The van der Waals surface area contributed by atoms with Gasteiger partial charge < -0.3 is 4.42 Å². The summed E-state index contributed by atoms with van der Waals surface area (Å²) in [4.78, 5) is 13.5. The molecule has 6 nitrogen and oxygen atoms in total. The van der Waals surface area contributed by atoms with Crippen molar-refractivity contribution in [3.05, 3.63) is 57.0 Å². The van der Waals surface area contributed by atoms with E-state index in [4.69, 9.17) is 16.0 Å². The number of fused-ring (bicyclic) bond motifs is 1. The number of anilines is 1. The van der Waals surface area contributed by atoms with Gasteiger partial charge in [-0.1, -0.05) is 29.3 Å². The van der Waals surface area contributed by atoms with Crippen LogP contribution in [-0.2, 0) is 10.0 Å². The maximum absolute atomic E-state index is 12.6. The highest BCUT2D eigenvalue weighted by Gasteiger charge is 2.21. The quantitative estimate of drug-likeness (QED) is 0.757. The lowest BCUT2D eigenvalue weighted by Crippen LogP contribution is -2.14. The summed E-state index contributed by atoms with van der Waals surface area (Å²) < 4.78 is 32.6. The van der Waals surface area contributed by atoms with Crippen molar-refractivity contribution >= 4 is 38.4 Å². The van der Waals surface area contributed by atoms with E-state index >= 15 is 0 Å². The van der Waals surface area contributed by atoms with E-state index in [0.29, 0.717) is 11.2 Å². The highest BCUT2D eigenvalue weighted by atomic mass is 35.5. The molecule has 0 atom stereocenters. The summed E-state index contributed by atoms with van der Waals surface area (Å²) >= 11 is 6.05. The number of aryl methyl sites for hydroxylation is 2. The fourth-order valence-corrected chi connectivity index (χ4v) is 3.96. The normalized spacial score (nSPS) is 11.8. The molecule has 0 aliphatic rings. The lowest BCUT2D eigenvalue weighted by Gasteiger charge is -2.12. The molecule has 0 bridgehead atoms. The largest absolute Gasteiger partial charge is 0.417 e. The van der Waals surface area contributed by atoms with Crippen molar-refractivity contribution in [2.45, 2.75) is 18.7 Å². The number of sulfonamides is 1. The maximum Gasteiger partial charge on any atom is 0.417 e. The van der Waals surface area contributed by atoms with Crippen molar-refractivity contribution in [1.82, 2.24) is 4.98 Å². The van der Waals surface area contributed by atoms with Crippen LogP contribution in [0.25, 0.3) is 11.1 Å². The number of halogens is 1. The Morgan fingerprint density at radius 1 is 1.17 bits per heavy atom. The van der Waals surface area contributed by atoms with Crippen molar-refractivity contribution in [2.75, 3.05) is 4.72 Å². The van der Waals surface area contributed by atoms with Gasteiger partial charge in [-0.25, -0.2) is 13.2 Å². The minimum atomic E-state index is -3.92. The van der Waals surface area contributed by atoms with Crippen molar-refractivity contribution < 1.29 is 12.8 Å². The third kappa shape index (κ3) is 2.97. The lowest BCUT2D eigenvalue weighted by atomic mass is 10.1. The number of oxazole rings is 1. The molecule has 0 radical (unpaired) electrons. The van der Waals surface area contributed by atoms with E-state index in [1.165, 1.54) is 12.1 Å². The average molecular weight is 353 g/mol. The highest BCUT2D eigenvalue weighted by Crippen LogP contribution is 2.28. The molecular formula is C15H13ClN2O4S. The van der Waals surface area contributed by atoms with Gasteiger partial charge in [0.25, 0.3) is 10.0 Å². The van der Waals surface area contributed by atoms with Crippen molar-refractivity contribution in [3.8, 4) is 0 Å². The Kier molecular flexibility index (Phi) is 3.69. The molecule has 23 heavy (non-hydrogen) atoms. The zero-order valence-electron chi connectivity index (χ0n) is 12.3. The summed E-state index contributed by atoms with van der Waals surface area (Å²) in [6.45, 7) is 3.73. The fourth-order valence-electron chi connectivity index (χ4n) is 2.29. The first-order valence-corrected chi connectivity index (χ1v) is 8.55. The van der Waals surface area contributed by atoms with Crippen LogP contribution in [0.2, 0.25) is 5.02 Å². The minimum Gasteiger partial charge on any atom is -0.408 e. The van der Waals surface area contributed by atoms with E-state index in [0.717, 1.165) is 11.1 Å². The topological polar surface area (TPSA) is 92.2 Å². The lowest BCUT2D eigenvalue weighted by molar-refractivity contribution is 0.554. The molecule has 0 saturated heterocycles. The van der Waals surface area contributed by atoms with Crippen LogP contribution in [0.1, 0.15) is 11.1 Å². The van der Waals surface area contributed by atoms with Crippen molar-refractivity contribution in [3.63, 3.8) is 0 Å². The molecule has 1 heterocycles.